The minimum atomic E-state index is -0.482. The van der Waals surface area contributed by atoms with Gasteiger partial charge in [-0.1, -0.05) is 11.6 Å². The van der Waals surface area contributed by atoms with E-state index in [-0.39, 0.29) is 0 Å². The summed E-state index contributed by atoms with van der Waals surface area (Å²) in [5, 5.41) is 7.03. The highest BCUT2D eigenvalue weighted by atomic mass is 35.5. The number of fused-ring (bicyclic) bond motifs is 1. The predicted octanol–water partition coefficient (Wildman–Crippen LogP) is 4.36. The number of nitrogens with zero attached hydrogens (tertiary/aromatic N) is 2. The summed E-state index contributed by atoms with van der Waals surface area (Å²) in [6, 6.07) is 12.6. The number of rotatable bonds is 4. The maximum Gasteiger partial charge on any atom is 0.417 e. The van der Waals surface area contributed by atoms with Crippen molar-refractivity contribution in [2.45, 2.75) is 6.92 Å². The first-order chi connectivity index (χ1) is 12.6. The SMILES string of the molecule is Cc1cnc(Nc2ccc(Cl)cc2)nc1Nc1ccc2oc(=O)[nH]c2c1. The van der Waals surface area contributed by atoms with Crippen molar-refractivity contribution in [3.8, 4) is 0 Å². The van der Waals surface area contributed by atoms with Crippen LogP contribution in [0.1, 0.15) is 5.56 Å². The number of H-pyrrole nitrogens is 1. The Balaban J connectivity index is 1.60. The van der Waals surface area contributed by atoms with Crippen molar-refractivity contribution in [1.82, 2.24) is 15.0 Å². The first-order valence-electron chi connectivity index (χ1n) is 7.83. The van der Waals surface area contributed by atoms with E-state index in [4.69, 9.17) is 16.0 Å². The van der Waals surface area contributed by atoms with Gasteiger partial charge in [-0.25, -0.2) is 9.78 Å². The third kappa shape index (κ3) is 3.38. The van der Waals surface area contributed by atoms with Crippen LogP contribution in [0, 0.1) is 6.92 Å². The molecule has 0 atom stereocenters. The number of hydrogen-bond donors (Lipinski definition) is 3. The van der Waals surface area contributed by atoms with Crippen LogP contribution in [0.4, 0.5) is 23.1 Å². The van der Waals surface area contributed by atoms with Crippen molar-refractivity contribution in [2.75, 3.05) is 10.6 Å². The molecule has 4 aromatic rings. The van der Waals surface area contributed by atoms with E-state index in [1.807, 2.05) is 25.1 Å². The maximum atomic E-state index is 11.3. The summed E-state index contributed by atoms with van der Waals surface area (Å²) in [7, 11) is 0. The zero-order valence-electron chi connectivity index (χ0n) is 13.7. The van der Waals surface area contributed by atoms with E-state index in [0.717, 1.165) is 16.9 Å². The maximum absolute atomic E-state index is 11.3. The second-order valence-corrected chi connectivity index (χ2v) is 6.14. The lowest BCUT2D eigenvalue weighted by molar-refractivity contribution is 0.555. The Morgan fingerprint density at radius 1 is 1.08 bits per heavy atom. The molecule has 0 aliphatic heterocycles. The van der Waals surface area contributed by atoms with Crippen LogP contribution in [0.15, 0.2) is 57.9 Å². The average molecular weight is 368 g/mol. The second-order valence-electron chi connectivity index (χ2n) is 5.71. The highest BCUT2D eigenvalue weighted by Gasteiger charge is 2.07. The molecule has 0 fully saturated rings. The van der Waals surface area contributed by atoms with Crippen molar-refractivity contribution in [1.29, 1.82) is 0 Å². The van der Waals surface area contributed by atoms with Crippen LogP contribution < -0.4 is 16.4 Å². The molecule has 130 valence electrons. The molecule has 0 unspecified atom stereocenters. The molecule has 0 aliphatic rings. The number of halogens is 1. The van der Waals surface area contributed by atoms with Crippen molar-refractivity contribution in [3.63, 3.8) is 0 Å². The molecule has 3 N–H and O–H groups in total. The number of anilines is 4. The molecule has 2 heterocycles. The summed E-state index contributed by atoms with van der Waals surface area (Å²) in [5.74, 6) is 0.629. The standard InChI is InChI=1S/C18H14ClN5O2/c1-10-9-20-17(22-12-4-2-11(19)3-5-12)24-16(10)21-13-6-7-15-14(8-13)23-18(25)26-15/h2-9H,1H3,(H,23,25)(H2,20,21,22,24). The van der Waals surface area contributed by atoms with Crippen molar-refractivity contribution >= 4 is 45.8 Å². The molecule has 0 saturated heterocycles. The fourth-order valence-electron chi connectivity index (χ4n) is 2.46. The van der Waals surface area contributed by atoms with Gasteiger partial charge in [-0.2, -0.15) is 4.98 Å². The molecule has 0 aliphatic carbocycles. The summed E-state index contributed by atoms with van der Waals surface area (Å²) in [5.41, 5.74) is 3.61. The number of aromatic amines is 1. The van der Waals surface area contributed by atoms with Crippen molar-refractivity contribution in [3.05, 3.63) is 69.8 Å². The van der Waals surface area contributed by atoms with Crippen LogP contribution in [0.5, 0.6) is 0 Å². The fourth-order valence-corrected chi connectivity index (χ4v) is 2.58. The van der Waals surface area contributed by atoms with Gasteiger partial charge in [0.15, 0.2) is 5.58 Å². The lowest BCUT2D eigenvalue weighted by atomic mass is 10.2. The Bertz CT molecular complexity index is 1130. The van der Waals surface area contributed by atoms with E-state index in [1.54, 1.807) is 30.5 Å². The summed E-state index contributed by atoms with van der Waals surface area (Å²) >= 11 is 5.90. The zero-order valence-corrected chi connectivity index (χ0v) is 14.5. The van der Waals surface area contributed by atoms with E-state index < -0.39 is 5.76 Å². The van der Waals surface area contributed by atoms with Gasteiger partial charge in [0.25, 0.3) is 0 Å². The summed E-state index contributed by atoms with van der Waals surface area (Å²) in [6.45, 7) is 1.91. The van der Waals surface area contributed by atoms with Gasteiger partial charge in [0.05, 0.1) is 5.52 Å². The number of aromatic nitrogens is 3. The Kier molecular flexibility index (Phi) is 4.06. The van der Waals surface area contributed by atoms with E-state index in [0.29, 0.717) is 27.9 Å². The molecule has 2 aromatic carbocycles. The van der Waals surface area contributed by atoms with Gasteiger partial charge in [-0.3, -0.25) is 4.98 Å². The van der Waals surface area contributed by atoms with Gasteiger partial charge in [-0.15, -0.1) is 0 Å². The van der Waals surface area contributed by atoms with Crippen molar-refractivity contribution < 1.29 is 4.42 Å². The van der Waals surface area contributed by atoms with Gasteiger partial charge >= 0.3 is 5.76 Å². The molecule has 8 heteroatoms. The lowest BCUT2D eigenvalue weighted by Gasteiger charge is -2.11. The zero-order chi connectivity index (χ0) is 18.1. The van der Waals surface area contributed by atoms with Gasteiger partial charge in [0.1, 0.15) is 5.82 Å². The third-order valence-corrected chi connectivity index (χ3v) is 4.01. The Labute approximate surface area is 153 Å². The Hall–Kier alpha value is -3.32. The highest BCUT2D eigenvalue weighted by Crippen LogP contribution is 2.23. The van der Waals surface area contributed by atoms with Crippen LogP contribution in [0.25, 0.3) is 11.1 Å². The summed E-state index contributed by atoms with van der Waals surface area (Å²) < 4.78 is 5.01. The second kappa shape index (κ2) is 6.53. The summed E-state index contributed by atoms with van der Waals surface area (Å²) in [6.07, 6.45) is 1.73. The first-order valence-corrected chi connectivity index (χ1v) is 8.21. The number of aryl methyl sites for hydroxylation is 1. The van der Waals surface area contributed by atoms with Crippen LogP contribution in [-0.4, -0.2) is 15.0 Å². The van der Waals surface area contributed by atoms with Crippen LogP contribution in [0.3, 0.4) is 0 Å². The van der Waals surface area contributed by atoms with Crippen LogP contribution in [0.2, 0.25) is 5.02 Å². The Morgan fingerprint density at radius 2 is 1.85 bits per heavy atom. The normalized spacial score (nSPS) is 10.8. The lowest BCUT2D eigenvalue weighted by Crippen LogP contribution is -2.02. The minimum Gasteiger partial charge on any atom is -0.408 e. The van der Waals surface area contributed by atoms with Crippen molar-refractivity contribution in [2.24, 2.45) is 0 Å². The average Bonchev–Trinajstić information content (AvgIpc) is 2.99. The molecular formula is C18H14ClN5O2. The first kappa shape index (κ1) is 16.2. The third-order valence-electron chi connectivity index (χ3n) is 3.75. The number of hydrogen-bond acceptors (Lipinski definition) is 6. The molecule has 0 spiro atoms. The highest BCUT2D eigenvalue weighted by molar-refractivity contribution is 6.30. The van der Waals surface area contributed by atoms with Crippen LogP contribution in [-0.2, 0) is 0 Å². The number of benzene rings is 2. The van der Waals surface area contributed by atoms with Gasteiger partial charge in [-0.05, 0) is 49.4 Å². The van der Waals surface area contributed by atoms with Gasteiger partial charge < -0.3 is 15.1 Å². The quantitative estimate of drug-likeness (QED) is 0.496. The van der Waals surface area contributed by atoms with E-state index in [1.165, 1.54) is 0 Å². The molecule has 0 bridgehead atoms. The minimum absolute atomic E-state index is 0.457. The summed E-state index contributed by atoms with van der Waals surface area (Å²) in [4.78, 5) is 22.7. The smallest absolute Gasteiger partial charge is 0.408 e. The largest absolute Gasteiger partial charge is 0.417 e. The molecular weight excluding hydrogens is 354 g/mol. The monoisotopic (exact) mass is 367 g/mol. The van der Waals surface area contributed by atoms with E-state index in [9.17, 15) is 4.79 Å². The topological polar surface area (TPSA) is 95.8 Å². The molecule has 0 amide bonds. The van der Waals surface area contributed by atoms with E-state index >= 15 is 0 Å². The van der Waals surface area contributed by atoms with E-state index in [2.05, 4.69) is 25.6 Å². The number of nitrogens with one attached hydrogen (secondary N) is 3. The van der Waals surface area contributed by atoms with Gasteiger partial charge in [0.2, 0.25) is 5.95 Å². The molecule has 0 radical (unpaired) electrons. The molecule has 0 saturated carbocycles. The van der Waals surface area contributed by atoms with Crippen LogP contribution >= 0.6 is 11.6 Å². The molecule has 2 aromatic heterocycles. The molecule has 26 heavy (non-hydrogen) atoms. The fraction of sp³-hybridized carbons (Fsp3) is 0.0556. The molecule has 7 nitrogen and oxygen atoms in total. The predicted molar refractivity (Wildman–Crippen MR) is 102 cm³/mol. The Morgan fingerprint density at radius 3 is 2.65 bits per heavy atom. The van der Waals surface area contributed by atoms with Gasteiger partial charge in [0, 0.05) is 28.2 Å². The molecule has 4 rings (SSSR count). The number of oxazole rings is 1.